The van der Waals surface area contributed by atoms with Crippen LogP contribution in [0.15, 0.2) is 29.2 Å². The Balaban J connectivity index is 2.39. The first-order chi connectivity index (χ1) is 11.0. The largest absolute Gasteiger partial charge is 0.480 e. The molecule has 11 heteroatoms. The molecule has 1 saturated heterocycles. The van der Waals surface area contributed by atoms with Crippen LogP contribution in [0, 0.1) is 0 Å². The van der Waals surface area contributed by atoms with Gasteiger partial charge in [0.05, 0.1) is 15.2 Å². The number of halogens is 4. The van der Waals surface area contributed by atoms with Gasteiger partial charge in [0.1, 0.15) is 6.04 Å². The molecule has 24 heavy (non-hydrogen) atoms. The van der Waals surface area contributed by atoms with Crippen molar-refractivity contribution in [2.24, 2.45) is 0 Å². The molecule has 2 atom stereocenters. The summed E-state index contributed by atoms with van der Waals surface area (Å²) in [4.78, 5) is 22.2. The first-order valence-electron chi connectivity index (χ1n) is 6.55. The standard InChI is InChI=1S/C13H11ClF3NO5S/c14-8-3-1-2-4-10(8)24(22,23)7-5-9(11(19)20)18(6-7)12(21)13(15,16)17/h1-4,7,9H,5-6H2,(H,19,20)/t7-,9+/m1/s1. The van der Waals surface area contributed by atoms with Gasteiger partial charge in [0, 0.05) is 6.54 Å². The average Bonchev–Trinajstić information content (AvgIpc) is 2.91. The minimum Gasteiger partial charge on any atom is -0.480 e. The molecule has 1 aromatic rings. The lowest BCUT2D eigenvalue weighted by Gasteiger charge is -2.22. The maximum Gasteiger partial charge on any atom is 0.471 e. The van der Waals surface area contributed by atoms with Gasteiger partial charge >= 0.3 is 18.1 Å². The van der Waals surface area contributed by atoms with Crippen LogP contribution in [0.5, 0.6) is 0 Å². The highest BCUT2D eigenvalue weighted by atomic mass is 35.5. The number of hydrogen-bond donors (Lipinski definition) is 1. The Hall–Kier alpha value is -1.81. The number of carboxylic acid groups (broad SMARTS) is 1. The number of carboxylic acids is 1. The second-order valence-electron chi connectivity index (χ2n) is 5.14. The lowest BCUT2D eigenvalue weighted by atomic mass is 10.2. The van der Waals surface area contributed by atoms with Crippen molar-refractivity contribution >= 4 is 33.3 Å². The molecule has 0 saturated carbocycles. The van der Waals surface area contributed by atoms with E-state index in [4.69, 9.17) is 16.7 Å². The highest BCUT2D eigenvalue weighted by Crippen LogP contribution is 2.33. The van der Waals surface area contributed by atoms with Gasteiger partial charge in [0.25, 0.3) is 0 Å². The maximum atomic E-state index is 12.6. The highest BCUT2D eigenvalue weighted by Gasteiger charge is 2.52. The fourth-order valence-corrected chi connectivity index (χ4v) is 4.72. The first-order valence-corrected chi connectivity index (χ1v) is 8.47. The Morgan fingerprint density at radius 2 is 1.83 bits per heavy atom. The molecule has 1 aromatic carbocycles. The van der Waals surface area contributed by atoms with Gasteiger partial charge in [-0.1, -0.05) is 23.7 Å². The van der Waals surface area contributed by atoms with Crippen LogP contribution in [0.4, 0.5) is 13.2 Å². The molecule has 1 fully saturated rings. The fraction of sp³-hybridized carbons (Fsp3) is 0.385. The number of nitrogens with zero attached hydrogens (tertiary/aromatic N) is 1. The van der Waals surface area contributed by atoms with Gasteiger partial charge in [-0.05, 0) is 18.6 Å². The summed E-state index contributed by atoms with van der Waals surface area (Å²) in [6.45, 7) is -0.872. The molecular weight excluding hydrogens is 375 g/mol. The minimum absolute atomic E-state index is 0.0292. The van der Waals surface area contributed by atoms with Gasteiger partial charge in [0.2, 0.25) is 0 Å². The smallest absolute Gasteiger partial charge is 0.471 e. The third kappa shape index (κ3) is 3.34. The number of hydrogen-bond acceptors (Lipinski definition) is 4. The molecule has 1 aliphatic rings. The van der Waals surface area contributed by atoms with Crippen molar-refractivity contribution in [3.8, 4) is 0 Å². The van der Waals surface area contributed by atoms with Crippen molar-refractivity contribution in [3.05, 3.63) is 29.3 Å². The Bertz CT molecular complexity index is 780. The molecule has 6 nitrogen and oxygen atoms in total. The highest BCUT2D eigenvalue weighted by molar-refractivity contribution is 7.92. The summed E-state index contributed by atoms with van der Waals surface area (Å²) in [5, 5.41) is 7.39. The molecule has 1 amide bonds. The Labute approximate surface area is 139 Å². The van der Waals surface area contributed by atoms with Crippen LogP contribution in [0.2, 0.25) is 5.02 Å². The zero-order valence-electron chi connectivity index (χ0n) is 11.8. The van der Waals surface area contributed by atoms with Crippen molar-refractivity contribution in [2.45, 2.75) is 28.8 Å². The molecule has 1 heterocycles. The number of likely N-dealkylation sites (tertiary alicyclic amines) is 1. The summed E-state index contributed by atoms with van der Waals surface area (Å²) in [7, 11) is -4.20. The molecule has 1 N–H and O–H groups in total. The second kappa shape index (κ2) is 6.25. The first kappa shape index (κ1) is 18.5. The Morgan fingerprint density at radius 1 is 1.25 bits per heavy atom. The number of rotatable bonds is 3. The maximum absolute atomic E-state index is 12.6. The van der Waals surface area contributed by atoms with Crippen molar-refractivity contribution in [2.75, 3.05) is 6.54 Å². The van der Waals surface area contributed by atoms with Crippen molar-refractivity contribution in [1.82, 2.24) is 4.90 Å². The second-order valence-corrected chi connectivity index (χ2v) is 7.75. The van der Waals surface area contributed by atoms with Crippen molar-refractivity contribution in [3.63, 3.8) is 0 Å². The predicted molar refractivity (Wildman–Crippen MR) is 76.2 cm³/mol. The van der Waals surface area contributed by atoms with E-state index >= 15 is 0 Å². The van der Waals surface area contributed by atoms with E-state index in [2.05, 4.69) is 0 Å². The molecule has 0 spiro atoms. The van der Waals surface area contributed by atoms with E-state index in [1.54, 1.807) is 0 Å². The fourth-order valence-electron chi connectivity index (χ4n) is 2.50. The van der Waals surface area contributed by atoms with Crippen LogP contribution in [-0.2, 0) is 19.4 Å². The zero-order chi connectivity index (χ0) is 18.3. The Morgan fingerprint density at radius 3 is 2.33 bits per heavy atom. The van der Waals surface area contributed by atoms with Crippen LogP contribution in [-0.4, -0.2) is 54.3 Å². The van der Waals surface area contributed by atoms with Crippen LogP contribution < -0.4 is 0 Å². The quantitative estimate of drug-likeness (QED) is 0.855. The number of carbonyl (C=O) groups is 2. The number of alkyl halides is 3. The lowest BCUT2D eigenvalue weighted by molar-refractivity contribution is -0.187. The summed E-state index contributed by atoms with van der Waals surface area (Å²) < 4.78 is 62.9. The van der Waals surface area contributed by atoms with Gasteiger partial charge in [-0.2, -0.15) is 13.2 Å². The van der Waals surface area contributed by atoms with Crippen LogP contribution in [0.3, 0.4) is 0 Å². The van der Waals surface area contributed by atoms with E-state index in [0.29, 0.717) is 0 Å². The molecule has 0 radical (unpaired) electrons. The molecule has 1 aliphatic heterocycles. The monoisotopic (exact) mass is 385 g/mol. The Kier molecular flexibility index (Phi) is 4.82. The average molecular weight is 386 g/mol. The summed E-state index contributed by atoms with van der Waals surface area (Å²) in [5.41, 5.74) is 0. The normalized spacial score (nSPS) is 21.8. The predicted octanol–water partition coefficient (Wildman–Crippen LogP) is 1.73. The van der Waals surface area contributed by atoms with E-state index < -0.39 is 52.1 Å². The molecule has 0 aromatic heterocycles. The van der Waals surface area contributed by atoms with E-state index in [9.17, 15) is 31.2 Å². The molecule has 0 aliphatic carbocycles. The third-order valence-corrected chi connectivity index (χ3v) is 6.26. The van der Waals surface area contributed by atoms with E-state index in [1.165, 1.54) is 24.3 Å². The van der Waals surface area contributed by atoms with Crippen LogP contribution >= 0.6 is 11.6 Å². The number of aliphatic carboxylic acids is 1. The van der Waals surface area contributed by atoms with Gasteiger partial charge in [-0.25, -0.2) is 13.2 Å². The van der Waals surface area contributed by atoms with Gasteiger partial charge in [0.15, 0.2) is 9.84 Å². The van der Waals surface area contributed by atoms with Crippen LogP contribution in [0.1, 0.15) is 6.42 Å². The van der Waals surface area contributed by atoms with Crippen molar-refractivity contribution in [1.29, 1.82) is 0 Å². The minimum atomic E-state index is -5.29. The van der Waals surface area contributed by atoms with Gasteiger partial charge < -0.3 is 10.0 Å². The summed E-state index contributed by atoms with van der Waals surface area (Å²) in [5.74, 6) is -4.09. The number of carbonyl (C=O) groups excluding carboxylic acids is 1. The lowest BCUT2D eigenvalue weighted by Crippen LogP contribution is -2.47. The van der Waals surface area contributed by atoms with Crippen molar-refractivity contribution < 1.29 is 36.3 Å². The molecule has 0 bridgehead atoms. The third-order valence-electron chi connectivity index (χ3n) is 3.63. The SMILES string of the molecule is O=C(O)[C@@H]1C[C@@H](S(=O)(=O)c2ccccc2Cl)CN1C(=O)C(F)(F)F. The number of sulfone groups is 1. The molecule has 2 rings (SSSR count). The van der Waals surface area contributed by atoms with E-state index in [1.807, 2.05) is 0 Å². The molecule has 0 unspecified atom stereocenters. The van der Waals surface area contributed by atoms with E-state index in [0.717, 1.165) is 0 Å². The molecular formula is C13H11ClF3NO5S. The number of amides is 1. The summed E-state index contributed by atoms with van der Waals surface area (Å²) in [6, 6.07) is 3.43. The van der Waals surface area contributed by atoms with E-state index in [-0.39, 0.29) is 14.8 Å². The van der Waals surface area contributed by atoms with Gasteiger partial charge in [-0.3, -0.25) is 4.79 Å². The zero-order valence-corrected chi connectivity index (χ0v) is 13.4. The topological polar surface area (TPSA) is 91.8 Å². The van der Waals surface area contributed by atoms with Crippen LogP contribution in [0.25, 0.3) is 0 Å². The summed E-state index contributed by atoms with van der Waals surface area (Å²) >= 11 is 5.80. The number of benzene rings is 1. The summed E-state index contributed by atoms with van der Waals surface area (Å²) in [6.07, 6.45) is -5.94. The van der Waals surface area contributed by atoms with Gasteiger partial charge in [-0.15, -0.1) is 0 Å². The molecule has 132 valence electrons.